The molecule has 3 aliphatic rings. The van der Waals surface area contributed by atoms with Crippen molar-refractivity contribution in [3.63, 3.8) is 0 Å². The number of halogens is 1. The van der Waals surface area contributed by atoms with Gasteiger partial charge in [0.15, 0.2) is 5.65 Å². The number of anilines is 1. The predicted molar refractivity (Wildman–Crippen MR) is 191 cm³/mol. The molecule has 1 saturated carbocycles. The molecule has 0 spiro atoms. The van der Waals surface area contributed by atoms with Crippen molar-refractivity contribution in [2.75, 3.05) is 18.6 Å². The number of aromatic nitrogens is 5. The summed E-state index contributed by atoms with van der Waals surface area (Å²) in [6.07, 6.45) is 7.44. The van der Waals surface area contributed by atoms with Crippen molar-refractivity contribution in [3.05, 3.63) is 51.7 Å². The number of amides is 1. The van der Waals surface area contributed by atoms with E-state index in [9.17, 15) is 9.59 Å². The van der Waals surface area contributed by atoms with Crippen LogP contribution < -0.4 is 20.5 Å². The highest BCUT2D eigenvalue weighted by Crippen LogP contribution is 2.39. The van der Waals surface area contributed by atoms with Gasteiger partial charge in [-0.25, -0.2) is 14.8 Å². The van der Waals surface area contributed by atoms with Crippen molar-refractivity contribution >= 4 is 53.8 Å². The summed E-state index contributed by atoms with van der Waals surface area (Å²) in [7, 11) is 1.95. The highest BCUT2D eigenvalue weighted by atomic mass is 35.5. The molecule has 4 aromatic rings. The minimum atomic E-state index is -1.31. The van der Waals surface area contributed by atoms with Crippen LogP contribution in [0.4, 0.5) is 10.7 Å². The van der Waals surface area contributed by atoms with Crippen LogP contribution in [-0.4, -0.2) is 69.7 Å². The third-order valence-corrected chi connectivity index (χ3v) is 10.9. The number of hydrogen-bond donors (Lipinski definition) is 1. The summed E-state index contributed by atoms with van der Waals surface area (Å²) < 4.78 is 20.5. The van der Waals surface area contributed by atoms with Gasteiger partial charge < -0.3 is 29.0 Å². The number of carbonyl (C=O) groups excluding carboxylic acids is 1. The fraction of sp³-hybridized carbons (Fsp3) is 0.500. The van der Waals surface area contributed by atoms with E-state index < -0.39 is 19.8 Å². The molecule has 5 heterocycles. The Balaban J connectivity index is 1.42. The van der Waals surface area contributed by atoms with Gasteiger partial charge in [-0.2, -0.15) is 4.98 Å². The minimum Gasteiger partial charge on any atom is -0.480 e. The van der Waals surface area contributed by atoms with E-state index in [1.54, 1.807) is 17.8 Å². The standard InChI is InChI=1S/C34H44ClN7O5Si/c1-34(2,3)47-33(44)37-25-15-21-10-9-20(25)17-42(21)32-39-30-27(31(43)40(32)4)23(18-41(30)19-46-13-14-48(6,7)8)22-11-12-24-29(28(22)35)38-26(45-5)16-36-24/h11-12,16-18,21,25H,9-10,13-15,19H2,1-8H3,(H,37,44)/t21-,25+/m0/s1. The van der Waals surface area contributed by atoms with Gasteiger partial charge in [-0.1, -0.05) is 37.3 Å². The van der Waals surface area contributed by atoms with E-state index in [1.165, 1.54) is 7.11 Å². The van der Waals surface area contributed by atoms with E-state index in [1.807, 2.05) is 49.9 Å². The fourth-order valence-corrected chi connectivity index (χ4v) is 7.34. The Morgan fingerprint density at radius 3 is 2.60 bits per heavy atom. The number of ether oxygens (including phenoxy) is 3. The quantitative estimate of drug-likeness (QED) is 0.155. The number of carbonyl (C=O) groups is 1. The summed E-state index contributed by atoms with van der Waals surface area (Å²) in [5, 5.41) is 3.84. The molecule has 1 amide bonds. The zero-order valence-corrected chi connectivity index (χ0v) is 30.6. The molecule has 0 unspecified atom stereocenters. The molecule has 2 bridgehead atoms. The Kier molecular flexibility index (Phi) is 9.07. The van der Waals surface area contributed by atoms with Crippen molar-refractivity contribution < 1.29 is 19.0 Å². The number of fused-ring (bicyclic) bond motifs is 5. The Labute approximate surface area is 286 Å². The number of hydrogen-bond acceptors (Lipinski definition) is 9. The maximum absolute atomic E-state index is 14.3. The van der Waals surface area contributed by atoms with Crippen molar-refractivity contribution in [3.8, 4) is 17.0 Å². The Hall–Kier alpha value is -3.94. The molecule has 0 saturated heterocycles. The maximum atomic E-state index is 14.3. The smallest absolute Gasteiger partial charge is 0.408 e. The van der Waals surface area contributed by atoms with E-state index in [-0.39, 0.29) is 24.4 Å². The van der Waals surface area contributed by atoms with Crippen LogP contribution in [0.25, 0.3) is 33.2 Å². The molecule has 2 atom stereocenters. The summed E-state index contributed by atoms with van der Waals surface area (Å²) in [5.74, 6) is 0.870. The van der Waals surface area contributed by atoms with Crippen LogP contribution in [0.2, 0.25) is 30.7 Å². The van der Waals surface area contributed by atoms with Crippen LogP contribution in [0.15, 0.2) is 41.1 Å². The molecule has 2 aliphatic heterocycles. The van der Waals surface area contributed by atoms with E-state index in [0.29, 0.717) is 63.1 Å². The first-order chi connectivity index (χ1) is 22.6. The van der Waals surface area contributed by atoms with Gasteiger partial charge in [0, 0.05) is 51.3 Å². The molecule has 256 valence electrons. The van der Waals surface area contributed by atoms with E-state index in [0.717, 1.165) is 24.5 Å². The van der Waals surface area contributed by atoms with Crippen molar-refractivity contribution in [2.24, 2.45) is 7.05 Å². The van der Waals surface area contributed by atoms with Gasteiger partial charge >= 0.3 is 6.09 Å². The average molecular weight is 694 g/mol. The van der Waals surface area contributed by atoms with Crippen LogP contribution >= 0.6 is 11.6 Å². The van der Waals surface area contributed by atoms with Crippen LogP contribution in [0.5, 0.6) is 5.88 Å². The lowest BCUT2D eigenvalue weighted by molar-refractivity contribution is 0.0502. The van der Waals surface area contributed by atoms with Gasteiger partial charge in [0.05, 0.1) is 35.3 Å². The summed E-state index contributed by atoms with van der Waals surface area (Å²) in [6.45, 7) is 13.3. The first kappa shape index (κ1) is 33.9. The van der Waals surface area contributed by atoms with E-state index in [2.05, 4.69) is 39.8 Å². The summed E-state index contributed by atoms with van der Waals surface area (Å²) >= 11 is 6.99. The van der Waals surface area contributed by atoms with Gasteiger partial charge in [0.25, 0.3) is 5.56 Å². The van der Waals surface area contributed by atoms with Crippen molar-refractivity contribution in [1.29, 1.82) is 0 Å². The first-order valence-electron chi connectivity index (χ1n) is 16.3. The number of nitrogens with zero attached hydrogens (tertiary/aromatic N) is 6. The molecule has 12 nitrogen and oxygen atoms in total. The second kappa shape index (κ2) is 12.8. The van der Waals surface area contributed by atoms with Gasteiger partial charge in [-0.15, -0.1) is 0 Å². The van der Waals surface area contributed by atoms with Crippen LogP contribution in [0.3, 0.4) is 0 Å². The zero-order valence-electron chi connectivity index (χ0n) is 28.9. The Morgan fingerprint density at radius 1 is 1.17 bits per heavy atom. The maximum Gasteiger partial charge on any atom is 0.408 e. The SMILES string of the molecule is COc1cnc2ccc(-c3cn(COCC[Si](C)(C)C)c4nc(N5C=C6CC[C@H]5C[C@H]6NC(=O)OC(C)(C)C)n(C)c(=O)c34)c(Cl)c2n1. The largest absolute Gasteiger partial charge is 0.480 e. The molecule has 1 N–H and O–H groups in total. The molecule has 1 fully saturated rings. The molecule has 0 radical (unpaired) electrons. The number of rotatable bonds is 9. The Morgan fingerprint density at radius 2 is 1.94 bits per heavy atom. The minimum absolute atomic E-state index is 0.0392. The fourth-order valence-electron chi connectivity index (χ4n) is 6.28. The summed E-state index contributed by atoms with van der Waals surface area (Å²) in [4.78, 5) is 43.1. The third-order valence-electron chi connectivity index (χ3n) is 8.77. The molecule has 7 rings (SSSR count). The van der Waals surface area contributed by atoms with Crippen LogP contribution in [0.1, 0.15) is 40.0 Å². The number of benzene rings is 1. The monoisotopic (exact) mass is 693 g/mol. The Bertz CT molecular complexity index is 1980. The zero-order chi connectivity index (χ0) is 34.5. The molecule has 14 heteroatoms. The second-order valence-electron chi connectivity index (χ2n) is 14.8. The molecule has 3 aromatic heterocycles. The van der Waals surface area contributed by atoms with E-state index >= 15 is 0 Å². The molecular formula is C34H44ClN7O5Si. The van der Waals surface area contributed by atoms with Crippen LogP contribution in [0, 0.1) is 0 Å². The topological polar surface area (TPSA) is 126 Å². The van der Waals surface area contributed by atoms with E-state index in [4.69, 9.17) is 30.8 Å². The lowest BCUT2D eigenvalue weighted by atomic mass is 9.82. The number of nitrogens with one attached hydrogen (secondary N) is 1. The van der Waals surface area contributed by atoms with Crippen molar-refractivity contribution in [2.45, 2.75) is 90.1 Å². The van der Waals surface area contributed by atoms with Gasteiger partial charge in [0.2, 0.25) is 11.8 Å². The van der Waals surface area contributed by atoms with Crippen molar-refractivity contribution in [1.82, 2.24) is 29.4 Å². The lowest BCUT2D eigenvalue weighted by Gasteiger charge is -2.44. The average Bonchev–Trinajstić information content (AvgIpc) is 3.38. The van der Waals surface area contributed by atoms with Crippen LogP contribution in [-0.2, 0) is 23.3 Å². The highest BCUT2D eigenvalue weighted by molar-refractivity contribution is 6.76. The molecule has 1 aromatic carbocycles. The van der Waals surface area contributed by atoms with Gasteiger partial charge in [-0.3, -0.25) is 9.36 Å². The summed E-state index contributed by atoms with van der Waals surface area (Å²) in [5.41, 5.74) is 3.16. The molecule has 1 aliphatic carbocycles. The predicted octanol–water partition coefficient (Wildman–Crippen LogP) is 6.47. The highest BCUT2D eigenvalue weighted by Gasteiger charge is 2.38. The van der Waals surface area contributed by atoms with Gasteiger partial charge in [0.1, 0.15) is 17.8 Å². The second-order valence-corrected chi connectivity index (χ2v) is 20.8. The number of alkyl carbamates (subject to hydrolysis) is 1. The molecule has 48 heavy (non-hydrogen) atoms. The number of methoxy groups -OCH3 is 1. The molecular weight excluding hydrogens is 650 g/mol. The first-order valence-corrected chi connectivity index (χ1v) is 20.4. The lowest BCUT2D eigenvalue weighted by Crippen LogP contribution is -2.52. The third kappa shape index (κ3) is 6.81. The normalized spacial score (nSPS) is 18.0. The van der Waals surface area contributed by atoms with Gasteiger partial charge in [-0.05, 0) is 57.7 Å². The summed E-state index contributed by atoms with van der Waals surface area (Å²) in [6, 6.07) is 4.61.